The van der Waals surface area contributed by atoms with E-state index < -0.39 is 0 Å². The van der Waals surface area contributed by atoms with Crippen LogP contribution in [0.25, 0.3) is 0 Å². The van der Waals surface area contributed by atoms with Gasteiger partial charge in [0.1, 0.15) is 6.04 Å². The number of ether oxygens (including phenoxy) is 1. The highest BCUT2D eigenvalue weighted by molar-refractivity contribution is 5.76. The normalized spacial score (nSPS) is 23.7. The Morgan fingerprint density at radius 3 is 3.04 bits per heavy atom. The molecule has 0 spiro atoms. The maximum absolute atomic E-state index is 12.0. The SMILES string of the molecule is CCOC(=O)C1NNCC1CN1CCc2ccc([N+](=O)[O-])cc2C1. The predicted molar refractivity (Wildman–Crippen MR) is 87.1 cm³/mol. The van der Waals surface area contributed by atoms with Crippen molar-refractivity contribution in [2.24, 2.45) is 5.92 Å². The van der Waals surface area contributed by atoms with E-state index in [4.69, 9.17) is 4.74 Å². The molecule has 0 bridgehead atoms. The zero-order valence-electron chi connectivity index (χ0n) is 13.7. The highest BCUT2D eigenvalue weighted by Gasteiger charge is 2.35. The Balaban J connectivity index is 1.66. The molecule has 8 heteroatoms. The first-order chi connectivity index (χ1) is 11.6. The van der Waals surface area contributed by atoms with Crippen LogP contribution >= 0.6 is 0 Å². The second-order valence-corrected chi connectivity index (χ2v) is 6.21. The van der Waals surface area contributed by atoms with E-state index in [-0.39, 0.29) is 28.5 Å². The number of benzene rings is 1. The van der Waals surface area contributed by atoms with Crippen LogP contribution in [0.4, 0.5) is 5.69 Å². The summed E-state index contributed by atoms with van der Waals surface area (Å²) in [5, 5.41) is 11.0. The van der Waals surface area contributed by atoms with E-state index in [0.29, 0.717) is 19.7 Å². The van der Waals surface area contributed by atoms with Gasteiger partial charge in [0, 0.05) is 44.2 Å². The molecular formula is C16H22N4O4. The maximum Gasteiger partial charge on any atom is 0.324 e. The molecule has 2 heterocycles. The van der Waals surface area contributed by atoms with Gasteiger partial charge < -0.3 is 4.74 Å². The van der Waals surface area contributed by atoms with Gasteiger partial charge in [0.25, 0.3) is 5.69 Å². The van der Waals surface area contributed by atoms with Gasteiger partial charge in [0.15, 0.2) is 0 Å². The molecule has 2 atom stereocenters. The zero-order chi connectivity index (χ0) is 17.1. The Labute approximate surface area is 140 Å². The third kappa shape index (κ3) is 3.55. The fourth-order valence-electron chi connectivity index (χ4n) is 3.39. The van der Waals surface area contributed by atoms with Crippen LogP contribution in [0, 0.1) is 16.0 Å². The largest absolute Gasteiger partial charge is 0.465 e. The van der Waals surface area contributed by atoms with Crippen LogP contribution in [0.3, 0.4) is 0 Å². The molecule has 1 aromatic carbocycles. The van der Waals surface area contributed by atoms with E-state index >= 15 is 0 Å². The minimum absolute atomic E-state index is 0.115. The molecule has 130 valence electrons. The number of carbonyl (C=O) groups is 1. The Bertz CT molecular complexity index is 637. The molecule has 8 nitrogen and oxygen atoms in total. The molecule has 0 aromatic heterocycles. The number of fused-ring (bicyclic) bond motifs is 1. The zero-order valence-corrected chi connectivity index (χ0v) is 13.7. The van der Waals surface area contributed by atoms with Crippen LogP contribution in [0.1, 0.15) is 18.1 Å². The van der Waals surface area contributed by atoms with Crippen LogP contribution in [0.15, 0.2) is 18.2 Å². The van der Waals surface area contributed by atoms with Crippen molar-refractivity contribution in [3.63, 3.8) is 0 Å². The topological polar surface area (TPSA) is 96.7 Å². The van der Waals surface area contributed by atoms with Gasteiger partial charge in [0.2, 0.25) is 0 Å². The molecule has 24 heavy (non-hydrogen) atoms. The molecule has 0 amide bonds. The van der Waals surface area contributed by atoms with Crippen molar-refractivity contribution in [1.29, 1.82) is 0 Å². The lowest BCUT2D eigenvalue weighted by molar-refractivity contribution is -0.385. The summed E-state index contributed by atoms with van der Waals surface area (Å²) in [7, 11) is 0. The highest BCUT2D eigenvalue weighted by atomic mass is 16.6. The number of nitro groups is 1. The minimum atomic E-state index is -0.360. The van der Waals surface area contributed by atoms with Crippen molar-refractivity contribution in [2.75, 3.05) is 26.2 Å². The lowest BCUT2D eigenvalue weighted by Gasteiger charge is -2.31. The summed E-state index contributed by atoms with van der Waals surface area (Å²) in [6.45, 7) is 5.15. The third-order valence-corrected chi connectivity index (χ3v) is 4.62. The maximum atomic E-state index is 12.0. The Hall–Kier alpha value is -2.03. The molecule has 0 saturated carbocycles. The first-order valence-corrected chi connectivity index (χ1v) is 8.22. The number of rotatable bonds is 5. The quantitative estimate of drug-likeness (QED) is 0.462. The predicted octanol–water partition coefficient (Wildman–Crippen LogP) is 0.609. The average Bonchev–Trinajstić information content (AvgIpc) is 3.02. The number of nitrogens with zero attached hydrogens (tertiary/aromatic N) is 2. The number of hydrogen-bond acceptors (Lipinski definition) is 7. The van der Waals surface area contributed by atoms with Gasteiger partial charge in [-0.2, -0.15) is 0 Å². The van der Waals surface area contributed by atoms with Crippen molar-refractivity contribution in [1.82, 2.24) is 15.8 Å². The van der Waals surface area contributed by atoms with Crippen LogP contribution in [0.2, 0.25) is 0 Å². The van der Waals surface area contributed by atoms with Crippen molar-refractivity contribution >= 4 is 11.7 Å². The monoisotopic (exact) mass is 334 g/mol. The first-order valence-electron chi connectivity index (χ1n) is 8.22. The fraction of sp³-hybridized carbons (Fsp3) is 0.562. The van der Waals surface area contributed by atoms with E-state index in [0.717, 1.165) is 25.1 Å². The standard InChI is InChI=1S/C16H22N4O4/c1-2-24-16(21)15-13(8-17-18-15)10-19-6-5-11-3-4-14(20(22)23)7-12(11)9-19/h3-4,7,13,15,17-18H,2,5-6,8-10H2,1H3. The second kappa shape index (κ2) is 7.25. The molecule has 2 aliphatic rings. The Kier molecular flexibility index (Phi) is 5.08. The number of esters is 1. The average molecular weight is 334 g/mol. The molecule has 2 aliphatic heterocycles. The van der Waals surface area contributed by atoms with Gasteiger partial charge in [-0.15, -0.1) is 0 Å². The number of non-ortho nitro benzene ring substituents is 1. The summed E-state index contributed by atoms with van der Waals surface area (Å²) in [5.41, 5.74) is 8.31. The van der Waals surface area contributed by atoms with Gasteiger partial charge in [-0.1, -0.05) is 6.07 Å². The van der Waals surface area contributed by atoms with Gasteiger partial charge >= 0.3 is 5.97 Å². The molecule has 2 unspecified atom stereocenters. The number of carbonyl (C=O) groups excluding carboxylic acids is 1. The molecule has 3 rings (SSSR count). The van der Waals surface area contributed by atoms with Gasteiger partial charge in [-0.3, -0.25) is 25.2 Å². The second-order valence-electron chi connectivity index (χ2n) is 6.21. The highest BCUT2D eigenvalue weighted by Crippen LogP contribution is 2.25. The van der Waals surface area contributed by atoms with Crippen LogP contribution in [0.5, 0.6) is 0 Å². The summed E-state index contributed by atoms with van der Waals surface area (Å²) in [6.07, 6.45) is 0.866. The Morgan fingerprint density at radius 2 is 2.29 bits per heavy atom. The van der Waals surface area contributed by atoms with Gasteiger partial charge in [0.05, 0.1) is 11.5 Å². The molecule has 0 radical (unpaired) electrons. The molecule has 1 fully saturated rings. The van der Waals surface area contributed by atoms with E-state index in [1.165, 1.54) is 5.56 Å². The van der Waals surface area contributed by atoms with Crippen molar-refractivity contribution in [3.05, 3.63) is 39.4 Å². The first kappa shape index (κ1) is 16.8. The van der Waals surface area contributed by atoms with Gasteiger partial charge in [-0.05, 0) is 24.5 Å². The Morgan fingerprint density at radius 1 is 1.46 bits per heavy atom. The van der Waals surface area contributed by atoms with Crippen molar-refractivity contribution < 1.29 is 14.5 Å². The van der Waals surface area contributed by atoms with E-state index in [2.05, 4.69) is 15.8 Å². The molecule has 2 N–H and O–H groups in total. The number of nitrogens with one attached hydrogen (secondary N) is 2. The summed E-state index contributed by atoms with van der Waals surface area (Å²) in [6, 6.07) is 4.73. The summed E-state index contributed by atoms with van der Waals surface area (Å²) >= 11 is 0. The lowest BCUT2D eigenvalue weighted by atomic mass is 9.96. The van der Waals surface area contributed by atoms with Crippen molar-refractivity contribution in [3.8, 4) is 0 Å². The summed E-state index contributed by atoms with van der Waals surface area (Å²) in [5.74, 6) is -0.121. The number of hydrazine groups is 1. The smallest absolute Gasteiger partial charge is 0.324 e. The summed E-state index contributed by atoms with van der Waals surface area (Å²) < 4.78 is 5.11. The molecular weight excluding hydrogens is 312 g/mol. The molecule has 0 aliphatic carbocycles. The van der Waals surface area contributed by atoms with E-state index in [1.807, 2.05) is 6.07 Å². The fourth-order valence-corrected chi connectivity index (χ4v) is 3.39. The third-order valence-electron chi connectivity index (χ3n) is 4.62. The number of hydrogen-bond donors (Lipinski definition) is 2. The molecule has 1 aromatic rings. The van der Waals surface area contributed by atoms with Crippen molar-refractivity contribution in [2.45, 2.75) is 25.9 Å². The summed E-state index contributed by atoms with van der Waals surface area (Å²) in [4.78, 5) is 24.8. The van der Waals surface area contributed by atoms with Crippen LogP contribution in [-0.4, -0.2) is 48.1 Å². The van der Waals surface area contributed by atoms with E-state index in [9.17, 15) is 14.9 Å². The number of nitro benzene ring substituents is 1. The minimum Gasteiger partial charge on any atom is -0.465 e. The van der Waals surface area contributed by atoms with Crippen LogP contribution in [-0.2, 0) is 22.5 Å². The van der Waals surface area contributed by atoms with E-state index in [1.54, 1.807) is 19.1 Å². The lowest BCUT2D eigenvalue weighted by Crippen LogP contribution is -2.44. The van der Waals surface area contributed by atoms with Crippen LogP contribution < -0.4 is 10.9 Å². The molecule has 1 saturated heterocycles. The van der Waals surface area contributed by atoms with Gasteiger partial charge in [-0.25, -0.2) is 5.43 Å².